The largest absolute Gasteiger partial charge is 0.344 e. The number of aromatic nitrogens is 2. The van der Waals surface area contributed by atoms with E-state index in [4.69, 9.17) is 0 Å². The van der Waals surface area contributed by atoms with Gasteiger partial charge in [-0.2, -0.15) is 0 Å². The highest BCUT2D eigenvalue weighted by Gasteiger charge is 2.29. The van der Waals surface area contributed by atoms with Gasteiger partial charge in [-0.05, 0) is 54.2 Å². The third-order valence-corrected chi connectivity index (χ3v) is 8.43. The number of hydrogen-bond donors (Lipinski definition) is 5. The van der Waals surface area contributed by atoms with Crippen LogP contribution in [0.5, 0.6) is 0 Å². The molecule has 1 amide bonds. The topological polar surface area (TPSA) is 95.8 Å². The number of anilines is 1. The molecule has 0 saturated heterocycles. The molecule has 1 aromatic heterocycles. The van der Waals surface area contributed by atoms with Crippen LogP contribution in [0.1, 0.15) is 69.8 Å². The fraction of sp³-hybridized carbons (Fsp3) is 0.424. The number of nitrogens with zero attached hydrogens (tertiary/aromatic N) is 1. The highest BCUT2D eigenvalue weighted by molar-refractivity contribution is 5.97. The number of guanidine groups is 1. The normalized spacial score (nSPS) is 18.1. The molecule has 6 rings (SSSR count). The van der Waals surface area contributed by atoms with Crippen LogP contribution in [0.15, 0.2) is 66.7 Å². The molecule has 1 atom stereocenters. The Kier molecular flexibility index (Phi) is 8.26. The molecule has 2 aliphatic carbocycles. The molecule has 7 heteroatoms. The number of amides is 1. The monoisotopic (exact) mass is 537 g/mol. The molecule has 0 spiro atoms. The first-order valence-electron chi connectivity index (χ1n) is 15.1. The molecule has 3 aromatic carbocycles. The molecule has 0 radical (unpaired) electrons. The Morgan fingerprint density at radius 1 is 0.875 bits per heavy atom. The first-order valence-corrected chi connectivity index (χ1v) is 15.1. The minimum absolute atomic E-state index is 0.111. The summed E-state index contributed by atoms with van der Waals surface area (Å²) in [5.74, 6) is 1.25. The molecular formula is C33H41N6O+. The lowest BCUT2D eigenvalue weighted by Crippen LogP contribution is -2.86. The molecule has 40 heavy (non-hydrogen) atoms. The van der Waals surface area contributed by atoms with Gasteiger partial charge in [0.1, 0.15) is 0 Å². The Morgan fingerprint density at radius 2 is 1.60 bits per heavy atom. The van der Waals surface area contributed by atoms with Gasteiger partial charge in [0.2, 0.25) is 5.95 Å². The molecule has 0 unspecified atom stereocenters. The van der Waals surface area contributed by atoms with E-state index < -0.39 is 6.04 Å². The first-order chi connectivity index (χ1) is 19.7. The number of aromatic amines is 1. The first kappa shape index (κ1) is 26.4. The minimum atomic E-state index is -0.489. The van der Waals surface area contributed by atoms with E-state index in [0.717, 1.165) is 48.2 Å². The number of carbonyl (C=O) groups excluding carboxylic acids is 1. The Bertz CT molecular complexity index is 1430. The smallest absolute Gasteiger partial charge is 0.324 e. The number of nitrogens with one attached hydrogen (secondary N) is 5. The third-order valence-electron chi connectivity index (χ3n) is 8.43. The van der Waals surface area contributed by atoms with Crippen LogP contribution < -0.4 is 20.9 Å². The average Bonchev–Trinajstić information content (AvgIpc) is 3.40. The molecule has 0 aliphatic heterocycles. The number of rotatable bonds is 7. The number of hydrogen-bond acceptors (Lipinski definition) is 2. The third kappa shape index (κ3) is 6.64. The van der Waals surface area contributed by atoms with Crippen molar-refractivity contribution in [2.24, 2.45) is 0 Å². The van der Waals surface area contributed by atoms with E-state index in [1.54, 1.807) is 0 Å². The lowest BCUT2D eigenvalue weighted by Gasteiger charge is -2.24. The van der Waals surface area contributed by atoms with Crippen LogP contribution in [0, 0.1) is 0 Å². The summed E-state index contributed by atoms with van der Waals surface area (Å²) in [5.41, 5.74) is 2.86. The zero-order chi connectivity index (χ0) is 27.1. The quantitative estimate of drug-likeness (QED) is 0.177. The molecule has 2 saturated carbocycles. The molecule has 0 bridgehead atoms. The van der Waals surface area contributed by atoms with E-state index in [-0.39, 0.29) is 5.91 Å². The molecule has 4 aromatic rings. The lowest BCUT2D eigenvalue weighted by atomic mass is 9.95. The summed E-state index contributed by atoms with van der Waals surface area (Å²) in [6.07, 6.45) is 12.8. The molecule has 7 nitrogen and oxygen atoms in total. The van der Waals surface area contributed by atoms with Gasteiger partial charge in [-0.3, -0.25) is 25.7 Å². The van der Waals surface area contributed by atoms with Crippen molar-refractivity contribution in [2.45, 2.75) is 88.8 Å². The number of imidazole rings is 1. The van der Waals surface area contributed by atoms with Crippen molar-refractivity contribution in [2.75, 3.05) is 5.32 Å². The Balaban J connectivity index is 1.27. The average molecular weight is 538 g/mol. The van der Waals surface area contributed by atoms with E-state index in [9.17, 15) is 4.79 Å². The zero-order valence-electron chi connectivity index (χ0n) is 23.2. The van der Waals surface area contributed by atoms with Crippen molar-refractivity contribution in [3.63, 3.8) is 0 Å². The Labute approximate surface area is 236 Å². The predicted octanol–water partition coefficient (Wildman–Crippen LogP) is 4.55. The van der Waals surface area contributed by atoms with Crippen molar-refractivity contribution in [1.82, 2.24) is 20.6 Å². The molecular weight excluding hydrogens is 496 g/mol. The standard InChI is InChI=1S/C33H40N6O/c40-31(39-33-36-28-17-9-10-18-29(28)37-33)30(22-23-19-20-24-11-7-8-12-25(24)21-23)38-32(34-26-13-3-1-4-14-26)35-27-15-5-2-6-16-27/h7-12,17-21,26-27,30H,1-6,13-16,22H2,(H2,34,35,38)(H2,36,37,39,40)/p+1/t30-/m0/s1. The van der Waals surface area contributed by atoms with Gasteiger partial charge in [0.05, 0.1) is 23.1 Å². The van der Waals surface area contributed by atoms with Crippen LogP contribution in [0.2, 0.25) is 0 Å². The highest BCUT2D eigenvalue weighted by Crippen LogP contribution is 2.20. The SMILES string of the molecule is O=C(Nc1nc2ccccc2[nH]1)[C@H](Cc1ccc2ccccc2c1)NC(NC1CCCCC1)=[NH+]C1CCCCC1. The van der Waals surface area contributed by atoms with Gasteiger partial charge in [0.15, 0.2) is 6.04 Å². The van der Waals surface area contributed by atoms with Crippen LogP contribution in [0.4, 0.5) is 5.95 Å². The van der Waals surface area contributed by atoms with Crippen LogP contribution in [-0.2, 0) is 11.2 Å². The maximum Gasteiger partial charge on any atom is 0.344 e. The number of H-pyrrole nitrogens is 1. The second-order valence-electron chi connectivity index (χ2n) is 11.5. The van der Waals surface area contributed by atoms with E-state index in [2.05, 4.69) is 73.4 Å². The predicted molar refractivity (Wildman–Crippen MR) is 162 cm³/mol. The maximum atomic E-state index is 13.9. The van der Waals surface area contributed by atoms with Crippen molar-refractivity contribution < 1.29 is 9.79 Å². The molecule has 2 fully saturated rings. The number of para-hydroxylation sites is 2. The summed E-state index contributed by atoms with van der Waals surface area (Å²) in [6.45, 7) is 0. The van der Waals surface area contributed by atoms with E-state index in [1.165, 1.54) is 49.3 Å². The van der Waals surface area contributed by atoms with Crippen molar-refractivity contribution in [3.05, 3.63) is 72.3 Å². The summed E-state index contributed by atoms with van der Waals surface area (Å²) in [6, 6.07) is 23.0. The summed E-state index contributed by atoms with van der Waals surface area (Å²) >= 11 is 0. The number of carbonyl (C=O) groups is 1. The summed E-state index contributed by atoms with van der Waals surface area (Å²) in [7, 11) is 0. The van der Waals surface area contributed by atoms with Gasteiger partial charge in [0.25, 0.3) is 5.91 Å². The Hall–Kier alpha value is -3.87. The van der Waals surface area contributed by atoms with Gasteiger partial charge >= 0.3 is 5.96 Å². The van der Waals surface area contributed by atoms with Crippen molar-refractivity contribution in [1.29, 1.82) is 0 Å². The molecule has 208 valence electrons. The second kappa shape index (κ2) is 12.5. The van der Waals surface area contributed by atoms with Gasteiger partial charge in [-0.25, -0.2) is 4.98 Å². The molecule has 1 heterocycles. The fourth-order valence-corrected chi connectivity index (χ4v) is 6.23. The van der Waals surface area contributed by atoms with Crippen molar-refractivity contribution >= 4 is 39.6 Å². The zero-order valence-corrected chi connectivity index (χ0v) is 23.2. The summed E-state index contributed by atoms with van der Waals surface area (Å²) < 4.78 is 0. The highest BCUT2D eigenvalue weighted by atomic mass is 16.2. The van der Waals surface area contributed by atoms with E-state index >= 15 is 0 Å². The number of fused-ring (bicyclic) bond motifs is 2. The van der Waals surface area contributed by atoms with Gasteiger partial charge in [-0.1, -0.05) is 93.1 Å². The van der Waals surface area contributed by atoms with Crippen LogP contribution in [0.25, 0.3) is 21.8 Å². The van der Waals surface area contributed by atoms with Gasteiger partial charge in [0, 0.05) is 6.42 Å². The maximum absolute atomic E-state index is 13.9. The van der Waals surface area contributed by atoms with Gasteiger partial charge in [-0.15, -0.1) is 0 Å². The molecule has 2 aliphatic rings. The molecule has 5 N–H and O–H groups in total. The summed E-state index contributed by atoms with van der Waals surface area (Å²) in [4.78, 5) is 25.5. The fourth-order valence-electron chi connectivity index (χ4n) is 6.23. The van der Waals surface area contributed by atoms with Gasteiger partial charge < -0.3 is 4.98 Å². The van der Waals surface area contributed by atoms with Crippen LogP contribution >= 0.6 is 0 Å². The van der Waals surface area contributed by atoms with Crippen LogP contribution in [-0.4, -0.2) is 40.0 Å². The van der Waals surface area contributed by atoms with Crippen LogP contribution in [0.3, 0.4) is 0 Å². The van der Waals surface area contributed by atoms with E-state index in [1.807, 2.05) is 24.3 Å². The summed E-state index contributed by atoms with van der Waals surface area (Å²) in [5, 5.41) is 12.9. The second-order valence-corrected chi connectivity index (χ2v) is 11.5. The van der Waals surface area contributed by atoms with E-state index in [0.29, 0.717) is 24.5 Å². The minimum Gasteiger partial charge on any atom is -0.324 e. The Morgan fingerprint density at radius 3 is 2.40 bits per heavy atom. The lowest BCUT2D eigenvalue weighted by molar-refractivity contribution is -0.512. The van der Waals surface area contributed by atoms with Crippen molar-refractivity contribution in [3.8, 4) is 0 Å². The number of benzene rings is 3.